The molecule has 1 aromatic heterocycles. The summed E-state index contributed by atoms with van der Waals surface area (Å²) in [4.78, 5) is 27.1. The van der Waals surface area contributed by atoms with E-state index in [9.17, 15) is 14.9 Å². The van der Waals surface area contributed by atoms with Crippen LogP contribution in [0.1, 0.15) is 28.4 Å². The first kappa shape index (κ1) is 23.9. The Hall–Kier alpha value is -2.80. The largest absolute Gasteiger partial charge is 0.496 e. The lowest BCUT2D eigenvalue weighted by atomic mass is 10.1. The zero-order chi connectivity index (χ0) is 22.9. The number of rotatable bonds is 8. The van der Waals surface area contributed by atoms with Crippen molar-refractivity contribution in [3.8, 4) is 11.8 Å². The molecule has 1 aliphatic rings. The minimum atomic E-state index is -0.578. The van der Waals surface area contributed by atoms with E-state index in [2.05, 4.69) is 10.2 Å². The molecule has 7 nitrogen and oxygen atoms in total. The molecule has 1 amide bonds. The van der Waals surface area contributed by atoms with Crippen LogP contribution >= 0.6 is 23.1 Å². The van der Waals surface area contributed by atoms with Gasteiger partial charge in [0.15, 0.2) is 0 Å². The van der Waals surface area contributed by atoms with Gasteiger partial charge in [0.1, 0.15) is 22.4 Å². The molecular weight excluding hydrogens is 446 g/mol. The fourth-order valence-corrected chi connectivity index (χ4v) is 5.02. The van der Waals surface area contributed by atoms with Gasteiger partial charge in [-0.15, -0.1) is 11.3 Å². The number of ether oxygens (including phenoxy) is 2. The monoisotopic (exact) mass is 471 g/mol. The number of methoxy groups -OCH3 is 1. The summed E-state index contributed by atoms with van der Waals surface area (Å²) >= 11 is 3.15. The Labute approximate surface area is 196 Å². The smallest absolute Gasteiger partial charge is 0.341 e. The number of hydrogen-bond acceptors (Lipinski definition) is 8. The molecule has 0 saturated carbocycles. The maximum Gasteiger partial charge on any atom is 0.341 e. The van der Waals surface area contributed by atoms with E-state index in [1.807, 2.05) is 36.0 Å². The molecule has 0 bridgehead atoms. The number of thioether (sulfide) groups is 1. The number of carbonyl (C=O) groups excluding carboxylic acids is 2. The third-order valence-corrected chi connectivity index (χ3v) is 6.64. The van der Waals surface area contributed by atoms with Gasteiger partial charge in [0.25, 0.3) is 5.91 Å². The second-order valence-corrected chi connectivity index (χ2v) is 9.11. The van der Waals surface area contributed by atoms with Crippen molar-refractivity contribution in [1.82, 2.24) is 4.90 Å². The van der Waals surface area contributed by atoms with Crippen LogP contribution in [0.3, 0.4) is 0 Å². The highest BCUT2D eigenvalue weighted by Crippen LogP contribution is 2.26. The Bertz CT molecular complexity index is 1040. The van der Waals surface area contributed by atoms with Crippen LogP contribution in [0.15, 0.2) is 35.2 Å². The summed E-state index contributed by atoms with van der Waals surface area (Å²) < 4.78 is 10.5. The number of amides is 1. The van der Waals surface area contributed by atoms with Gasteiger partial charge in [-0.1, -0.05) is 6.07 Å². The summed E-state index contributed by atoms with van der Waals surface area (Å²) in [7, 11) is 1.64. The lowest BCUT2D eigenvalue weighted by Gasteiger charge is -2.26. The van der Waals surface area contributed by atoms with E-state index in [1.54, 1.807) is 31.6 Å². The van der Waals surface area contributed by atoms with Crippen molar-refractivity contribution >= 4 is 46.1 Å². The molecule has 0 atom stereocenters. The third kappa shape index (κ3) is 6.13. The predicted octanol–water partition coefficient (Wildman–Crippen LogP) is 4.03. The number of nitrogens with one attached hydrogen (secondary N) is 1. The average Bonchev–Trinajstić information content (AvgIpc) is 3.26. The lowest BCUT2D eigenvalue weighted by molar-refractivity contribution is -0.112. The number of nitrogens with zero attached hydrogens (tertiary/aromatic N) is 2. The van der Waals surface area contributed by atoms with Crippen molar-refractivity contribution in [2.45, 2.75) is 13.5 Å². The van der Waals surface area contributed by atoms with Gasteiger partial charge in [0.05, 0.1) is 19.3 Å². The van der Waals surface area contributed by atoms with Crippen LogP contribution < -0.4 is 10.1 Å². The second-order valence-electron chi connectivity index (χ2n) is 6.97. The molecule has 0 spiro atoms. The average molecular weight is 472 g/mol. The van der Waals surface area contributed by atoms with Crippen LogP contribution in [0, 0.1) is 11.3 Å². The van der Waals surface area contributed by atoms with E-state index in [-0.39, 0.29) is 17.7 Å². The fraction of sp³-hybridized carbons (Fsp3) is 0.348. The molecule has 1 N–H and O–H groups in total. The number of carbonyl (C=O) groups is 2. The number of benzene rings is 1. The highest BCUT2D eigenvalue weighted by molar-refractivity contribution is 7.99. The number of thiophene rings is 1. The van der Waals surface area contributed by atoms with Gasteiger partial charge in [0, 0.05) is 36.7 Å². The van der Waals surface area contributed by atoms with Crippen molar-refractivity contribution in [2.24, 2.45) is 0 Å². The van der Waals surface area contributed by atoms with Crippen molar-refractivity contribution in [3.05, 3.63) is 51.9 Å². The van der Waals surface area contributed by atoms with Crippen LogP contribution in [-0.2, 0) is 16.1 Å². The van der Waals surface area contributed by atoms with Crippen LogP contribution in [-0.4, -0.2) is 55.1 Å². The molecule has 2 heterocycles. The van der Waals surface area contributed by atoms with Crippen molar-refractivity contribution in [3.63, 3.8) is 0 Å². The van der Waals surface area contributed by atoms with Gasteiger partial charge < -0.3 is 14.8 Å². The molecular formula is C23H25N3O4S2. The standard InChI is InChI=1S/C23H25N3O4S2/c1-3-30-23(28)19-6-9-32-22(19)25-21(27)17(14-24)12-16-4-5-20(29-2)18(13-16)15-26-7-10-31-11-8-26/h4-6,9,12-13H,3,7-8,10-11,15H2,1-2H3,(H,25,27). The summed E-state index contributed by atoms with van der Waals surface area (Å²) in [6.07, 6.45) is 1.54. The number of hydrogen-bond donors (Lipinski definition) is 1. The lowest BCUT2D eigenvalue weighted by Crippen LogP contribution is -2.32. The summed E-state index contributed by atoms with van der Waals surface area (Å²) in [6, 6.07) is 9.16. The molecule has 168 valence electrons. The fourth-order valence-electron chi connectivity index (χ4n) is 3.27. The predicted molar refractivity (Wildman–Crippen MR) is 128 cm³/mol. The van der Waals surface area contributed by atoms with Gasteiger partial charge in [-0.2, -0.15) is 17.0 Å². The first-order valence-corrected chi connectivity index (χ1v) is 12.2. The summed E-state index contributed by atoms with van der Waals surface area (Å²) in [5.41, 5.74) is 1.96. The molecule has 32 heavy (non-hydrogen) atoms. The minimum Gasteiger partial charge on any atom is -0.496 e. The molecule has 9 heteroatoms. The molecule has 0 unspecified atom stereocenters. The Kier molecular flexibility index (Phi) is 8.73. The Morgan fingerprint density at radius 2 is 2.06 bits per heavy atom. The SMILES string of the molecule is CCOC(=O)c1ccsc1NC(=O)C(C#N)=Cc1ccc(OC)c(CN2CCSCC2)c1. The van der Waals surface area contributed by atoms with E-state index in [0.29, 0.717) is 5.00 Å². The summed E-state index contributed by atoms with van der Waals surface area (Å²) in [5.74, 6) is 1.91. The summed E-state index contributed by atoms with van der Waals surface area (Å²) in [6.45, 7) is 4.73. The zero-order valence-electron chi connectivity index (χ0n) is 18.1. The first-order valence-electron chi connectivity index (χ1n) is 10.2. The third-order valence-electron chi connectivity index (χ3n) is 4.87. The Morgan fingerprint density at radius 1 is 1.28 bits per heavy atom. The minimum absolute atomic E-state index is 0.0568. The second kappa shape index (κ2) is 11.7. The van der Waals surface area contributed by atoms with E-state index >= 15 is 0 Å². The number of esters is 1. The van der Waals surface area contributed by atoms with E-state index in [0.717, 1.165) is 48.0 Å². The normalized spacial score (nSPS) is 14.5. The molecule has 1 aromatic carbocycles. The van der Waals surface area contributed by atoms with E-state index < -0.39 is 11.9 Å². The quantitative estimate of drug-likeness (QED) is 0.353. The maximum absolute atomic E-state index is 12.7. The molecule has 1 saturated heterocycles. The molecule has 3 rings (SSSR count). The zero-order valence-corrected chi connectivity index (χ0v) is 19.7. The topological polar surface area (TPSA) is 91.7 Å². The Balaban J connectivity index is 1.79. The van der Waals surface area contributed by atoms with Crippen LogP contribution in [0.25, 0.3) is 6.08 Å². The Morgan fingerprint density at radius 3 is 2.75 bits per heavy atom. The maximum atomic E-state index is 12.7. The highest BCUT2D eigenvalue weighted by Gasteiger charge is 2.19. The van der Waals surface area contributed by atoms with Crippen molar-refractivity contribution in [1.29, 1.82) is 5.26 Å². The first-order chi connectivity index (χ1) is 15.5. The summed E-state index contributed by atoms with van der Waals surface area (Å²) in [5, 5.41) is 14.3. The van der Waals surface area contributed by atoms with Crippen LogP contribution in [0.4, 0.5) is 5.00 Å². The molecule has 2 aromatic rings. The highest BCUT2D eigenvalue weighted by atomic mass is 32.2. The molecule has 0 radical (unpaired) electrons. The van der Waals surface area contributed by atoms with Gasteiger partial charge in [0.2, 0.25) is 0 Å². The van der Waals surface area contributed by atoms with E-state index in [4.69, 9.17) is 9.47 Å². The van der Waals surface area contributed by atoms with Crippen molar-refractivity contribution in [2.75, 3.05) is 43.6 Å². The van der Waals surface area contributed by atoms with E-state index in [1.165, 1.54) is 11.3 Å². The van der Waals surface area contributed by atoms with Crippen molar-refractivity contribution < 1.29 is 19.1 Å². The van der Waals surface area contributed by atoms with Gasteiger partial charge in [-0.3, -0.25) is 9.69 Å². The molecule has 1 aliphatic heterocycles. The van der Waals surface area contributed by atoms with Gasteiger partial charge in [-0.25, -0.2) is 4.79 Å². The number of nitriles is 1. The van der Waals surface area contributed by atoms with Gasteiger partial charge >= 0.3 is 5.97 Å². The number of anilines is 1. The molecule has 1 fully saturated rings. The van der Waals surface area contributed by atoms with Crippen LogP contribution in [0.5, 0.6) is 5.75 Å². The molecule has 0 aliphatic carbocycles. The van der Waals surface area contributed by atoms with Gasteiger partial charge in [-0.05, 0) is 42.1 Å². The van der Waals surface area contributed by atoms with Crippen LogP contribution in [0.2, 0.25) is 0 Å².